The predicted octanol–water partition coefficient (Wildman–Crippen LogP) is 0.0688. The molecule has 1 heterocycles. The van der Waals surface area contributed by atoms with Crippen LogP contribution in [-0.2, 0) is 6.54 Å². The lowest BCUT2D eigenvalue weighted by Gasteiger charge is -2.03. The van der Waals surface area contributed by atoms with Gasteiger partial charge in [-0.1, -0.05) is 0 Å². The number of pyridine rings is 1. The third-order valence-electron chi connectivity index (χ3n) is 1.74. The topological polar surface area (TPSA) is 71.8 Å². The minimum Gasteiger partial charge on any atom is -0.330 e. The van der Waals surface area contributed by atoms with Crippen molar-refractivity contribution >= 4 is 0 Å². The molecule has 0 aliphatic rings. The molecule has 0 aliphatic carbocycles. The van der Waals surface area contributed by atoms with Gasteiger partial charge in [0, 0.05) is 12.7 Å². The molecule has 0 bridgehead atoms. The molecule has 0 saturated carbocycles. The van der Waals surface area contributed by atoms with Crippen LogP contribution in [-0.4, -0.2) is 11.1 Å². The molecule has 0 aromatic carbocycles. The van der Waals surface area contributed by atoms with E-state index in [9.17, 15) is 4.79 Å². The molecule has 0 amide bonds. The first-order valence-corrected chi connectivity index (χ1v) is 4.09. The SMILES string of the molecule is N#Cc1cccn(CCCN)c1=O. The molecular formula is C9H11N3O. The van der Waals surface area contributed by atoms with Crippen LogP contribution in [0.3, 0.4) is 0 Å². The molecule has 0 radical (unpaired) electrons. The highest BCUT2D eigenvalue weighted by Crippen LogP contribution is 1.90. The van der Waals surface area contributed by atoms with Gasteiger partial charge in [0.15, 0.2) is 0 Å². The number of aromatic nitrogens is 1. The van der Waals surface area contributed by atoms with Gasteiger partial charge in [0.25, 0.3) is 5.56 Å². The van der Waals surface area contributed by atoms with Crippen LogP contribution in [0.15, 0.2) is 23.1 Å². The zero-order valence-electron chi connectivity index (χ0n) is 7.23. The second kappa shape index (κ2) is 4.43. The molecular weight excluding hydrogens is 166 g/mol. The second-order valence-corrected chi connectivity index (χ2v) is 2.67. The molecule has 0 fully saturated rings. The highest BCUT2D eigenvalue weighted by Gasteiger charge is 2.00. The van der Waals surface area contributed by atoms with Gasteiger partial charge in [-0.05, 0) is 25.1 Å². The lowest BCUT2D eigenvalue weighted by Crippen LogP contribution is -2.22. The molecule has 0 spiro atoms. The van der Waals surface area contributed by atoms with Crippen LogP contribution in [0.4, 0.5) is 0 Å². The molecule has 13 heavy (non-hydrogen) atoms. The third kappa shape index (κ3) is 2.17. The van der Waals surface area contributed by atoms with Crippen molar-refractivity contribution in [3.8, 4) is 6.07 Å². The van der Waals surface area contributed by atoms with Crippen LogP contribution in [0.5, 0.6) is 0 Å². The Morgan fingerprint density at radius 1 is 1.62 bits per heavy atom. The van der Waals surface area contributed by atoms with Gasteiger partial charge in [-0.25, -0.2) is 0 Å². The second-order valence-electron chi connectivity index (χ2n) is 2.67. The summed E-state index contributed by atoms with van der Waals surface area (Å²) in [6.45, 7) is 1.12. The average Bonchev–Trinajstić information content (AvgIpc) is 2.16. The van der Waals surface area contributed by atoms with Crippen molar-refractivity contribution in [2.45, 2.75) is 13.0 Å². The van der Waals surface area contributed by atoms with Gasteiger partial charge in [-0.2, -0.15) is 5.26 Å². The summed E-state index contributed by atoms with van der Waals surface area (Å²) in [5, 5.41) is 8.58. The van der Waals surface area contributed by atoms with E-state index in [1.165, 1.54) is 10.6 Å². The van der Waals surface area contributed by atoms with Gasteiger partial charge >= 0.3 is 0 Å². The summed E-state index contributed by atoms with van der Waals surface area (Å²) in [7, 11) is 0. The number of hydrogen-bond donors (Lipinski definition) is 1. The first-order valence-electron chi connectivity index (χ1n) is 4.09. The van der Waals surface area contributed by atoms with E-state index in [-0.39, 0.29) is 11.1 Å². The summed E-state index contributed by atoms with van der Waals surface area (Å²) in [6, 6.07) is 5.05. The molecule has 0 saturated heterocycles. The Morgan fingerprint density at radius 3 is 3.00 bits per heavy atom. The number of nitrogens with zero attached hydrogens (tertiary/aromatic N) is 2. The number of hydrogen-bond acceptors (Lipinski definition) is 3. The maximum atomic E-state index is 11.4. The van der Waals surface area contributed by atoms with Crippen molar-refractivity contribution in [1.82, 2.24) is 4.57 Å². The Morgan fingerprint density at radius 2 is 2.38 bits per heavy atom. The monoisotopic (exact) mass is 177 g/mol. The molecule has 0 unspecified atom stereocenters. The summed E-state index contributed by atoms with van der Waals surface area (Å²) in [5.41, 5.74) is 5.26. The summed E-state index contributed by atoms with van der Waals surface area (Å²) < 4.78 is 1.51. The number of rotatable bonds is 3. The fourth-order valence-corrected chi connectivity index (χ4v) is 1.06. The van der Waals surface area contributed by atoms with Crippen molar-refractivity contribution in [3.63, 3.8) is 0 Å². The third-order valence-corrected chi connectivity index (χ3v) is 1.74. The minimum absolute atomic E-state index is 0.180. The van der Waals surface area contributed by atoms with Crippen LogP contribution in [0.2, 0.25) is 0 Å². The van der Waals surface area contributed by atoms with E-state index in [1.54, 1.807) is 12.3 Å². The average molecular weight is 177 g/mol. The largest absolute Gasteiger partial charge is 0.330 e. The molecule has 0 atom stereocenters. The van der Waals surface area contributed by atoms with E-state index >= 15 is 0 Å². The molecule has 1 aromatic rings. The molecule has 4 nitrogen and oxygen atoms in total. The first kappa shape index (κ1) is 9.49. The van der Waals surface area contributed by atoms with Crippen LogP contribution in [0, 0.1) is 11.3 Å². The smallest absolute Gasteiger partial charge is 0.268 e. The van der Waals surface area contributed by atoms with Crippen molar-refractivity contribution in [1.29, 1.82) is 5.26 Å². The van der Waals surface area contributed by atoms with E-state index in [2.05, 4.69) is 0 Å². The summed E-state index contributed by atoms with van der Waals surface area (Å²) >= 11 is 0. The van der Waals surface area contributed by atoms with Crippen molar-refractivity contribution in [3.05, 3.63) is 34.2 Å². The standard InChI is InChI=1S/C9H11N3O/c10-4-2-6-12-5-1-3-8(7-11)9(12)13/h1,3,5H,2,4,6,10H2. The van der Waals surface area contributed by atoms with E-state index in [1.807, 2.05) is 6.07 Å². The Kier molecular flexibility index (Phi) is 3.23. The van der Waals surface area contributed by atoms with Crippen LogP contribution >= 0.6 is 0 Å². The molecule has 1 rings (SSSR count). The lowest BCUT2D eigenvalue weighted by molar-refractivity contribution is 0.628. The Bertz CT molecular complexity index is 375. The van der Waals surface area contributed by atoms with Gasteiger partial charge < -0.3 is 10.3 Å². The van der Waals surface area contributed by atoms with Crippen molar-refractivity contribution in [2.24, 2.45) is 5.73 Å². The lowest BCUT2D eigenvalue weighted by atomic mass is 10.3. The number of aryl methyl sites for hydroxylation is 1. The van der Waals surface area contributed by atoms with Gasteiger partial charge in [-0.15, -0.1) is 0 Å². The van der Waals surface area contributed by atoms with E-state index in [4.69, 9.17) is 11.0 Å². The van der Waals surface area contributed by atoms with Gasteiger partial charge in [0.2, 0.25) is 0 Å². The maximum Gasteiger partial charge on any atom is 0.268 e. The van der Waals surface area contributed by atoms with E-state index in [0.29, 0.717) is 13.1 Å². The minimum atomic E-state index is -0.238. The Labute approximate surface area is 76.2 Å². The Balaban J connectivity index is 2.97. The fraction of sp³-hybridized carbons (Fsp3) is 0.333. The molecule has 4 heteroatoms. The van der Waals surface area contributed by atoms with Crippen molar-refractivity contribution < 1.29 is 0 Å². The molecule has 1 aromatic heterocycles. The highest BCUT2D eigenvalue weighted by atomic mass is 16.1. The predicted molar refractivity (Wildman–Crippen MR) is 49.1 cm³/mol. The Hall–Kier alpha value is -1.60. The zero-order valence-corrected chi connectivity index (χ0v) is 7.23. The normalized spacial score (nSPS) is 9.54. The van der Waals surface area contributed by atoms with Gasteiger partial charge in [-0.3, -0.25) is 4.79 Å². The van der Waals surface area contributed by atoms with Gasteiger partial charge in [0.05, 0.1) is 0 Å². The molecule has 0 aliphatic heterocycles. The summed E-state index contributed by atoms with van der Waals surface area (Å²) in [6.07, 6.45) is 2.41. The first-order chi connectivity index (χ1) is 6.29. The van der Waals surface area contributed by atoms with Crippen LogP contribution < -0.4 is 11.3 Å². The zero-order chi connectivity index (χ0) is 9.68. The van der Waals surface area contributed by atoms with E-state index < -0.39 is 0 Å². The molecule has 2 N–H and O–H groups in total. The van der Waals surface area contributed by atoms with Crippen molar-refractivity contribution in [2.75, 3.05) is 6.54 Å². The fourth-order valence-electron chi connectivity index (χ4n) is 1.06. The van der Waals surface area contributed by atoms with Crippen LogP contribution in [0.1, 0.15) is 12.0 Å². The van der Waals surface area contributed by atoms with Crippen LogP contribution in [0.25, 0.3) is 0 Å². The number of nitrogens with two attached hydrogens (primary N) is 1. The molecule has 68 valence electrons. The van der Waals surface area contributed by atoms with Gasteiger partial charge in [0.1, 0.15) is 11.6 Å². The quantitative estimate of drug-likeness (QED) is 0.710. The summed E-state index contributed by atoms with van der Waals surface area (Å²) in [5.74, 6) is 0. The maximum absolute atomic E-state index is 11.4. The number of nitriles is 1. The van der Waals surface area contributed by atoms with E-state index in [0.717, 1.165) is 6.42 Å². The summed E-state index contributed by atoms with van der Waals surface area (Å²) in [4.78, 5) is 11.4. The highest BCUT2D eigenvalue weighted by molar-refractivity contribution is 5.24.